The molecule has 0 aromatic carbocycles. The molecule has 0 unspecified atom stereocenters. The summed E-state index contributed by atoms with van der Waals surface area (Å²) in [5, 5.41) is -0.226. The number of rotatable bonds is 5. The molecule has 0 heterocycles. The Bertz CT molecular complexity index is 315. The molecule has 4 nitrogen and oxygen atoms in total. The van der Waals surface area contributed by atoms with E-state index >= 15 is 0 Å². The van der Waals surface area contributed by atoms with Gasteiger partial charge in [0.2, 0.25) is 0 Å². The van der Waals surface area contributed by atoms with E-state index in [1.165, 1.54) is 0 Å². The van der Waals surface area contributed by atoms with Crippen LogP contribution in [0.2, 0.25) is 0 Å². The summed E-state index contributed by atoms with van der Waals surface area (Å²) < 4.78 is 28.5. The van der Waals surface area contributed by atoms with Crippen LogP contribution in [0.1, 0.15) is 45.4 Å². The van der Waals surface area contributed by atoms with E-state index in [0.29, 0.717) is 6.61 Å². The third kappa shape index (κ3) is 4.12. The highest BCUT2D eigenvalue weighted by atomic mass is 32.2. The van der Waals surface area contributed by atoms with Gasteiger partial charge in [0.05, 0.1) is 24.0 Å². The molecule has 5 heteroatoms. The van der Waals surface area contributed by atoms with Gasteiger partial charge in [-0.25, -0.2) is 8.42 Å². The van der Waals surface area contributed by atoms with Gasteiger partial charge in [0.1, 0.15) is 0 Å². The first kappa shape index (κ1) is 13.5. The molecular formula is C11H20O4S. The fourth-order valence-corrected chi connectivity index (χ4v) is 3.89. The normalized spacial score (nSPS) is 18.3. The Kier molecular flexibility index (Phi) is 5.25. The number of esters is 1. The Hall–Kier alpha value is -0.580. The number of sulfone groups is 1. The van der Waals surface area contributed by atoms with E-state index < -0.39 is 15.8 Å². The summed E-state index contributed by atoms with van der Waals surface area (Å²) in [7, 11) is -3.10. The van der Waals surface area contributed by atoms with Crippen LogP contribution >= 0.6 is 0 Å². The molecule has 0 saturated heterocycles. The van der Waals surface area contributed by atoms with Crippen molar-refractivity contribution in [2.45, 2.75) is 50.7 Å². The summed E-state index contributed by atoms with van der Waals surface area (Å²) >= 11 is 0. The maximum absolute atomic E-state index is 11.9. The van der Waals surface area contributed by atoms with Crippen LogP contribution in [0, 0.1) is 0 Å². The number of hydrogen-bond donors (Lipinski definition) is 0. The maximum Gasteiger partial charge on any atom is 0.306 e. The van der Waals surface area contributed by atoms with Gasteiger partial charge in [-0.15, -0.1) is 0 Å². The molecule has 0 aromatic rings. The Morgan fingerprint density at radius 1 is 1.25 bits per heavy atom. The van der Waals surface area contributed by atoms with E-state index in [1.54, 1.807) is 6.92 Å². The molecule has 0 aliphatic heterocycles. The highest BCUT2D eigenvalue weighted by Gasteiger charge is 2.27. The van der Waals surface area contributed by atoms with Crippen LogP contribution in [0.15, 0.2) is 0 Å². The molecule has 0 atom stereocenters. The predicted molar refractivity (Wildman–Crippen MR) is 61.9 cm³/mol. The second kappa shape index (κ2) is 6.23. The number of ether oxygens (including phenoxy) is 1. The lowest BCUT2D eigenvalue weighted by atomic mass is 10.0. The van der Waals surface area contributed by atoms with Gasteiger partial charge in [-0.3, -0.25) is 4.79 Å². The summed E-state index contributed by atoms with van der Waals surface area (Å²) in [5.74, 6) is -0.474. The number of carbonyl (C=O) groups excluding carboxylic acids is 1. The minimum absolute atomic E-state index is 0.00727. The largest absolute Gasteiger partial charge is 0.466 e. The first-order chi connectivity index (χ1) is 7.56. The van der Waals surface area contributed by atoms with Crippen molar-refractivity contribution in [3.63, 3.8) is 0 Å². The lowest BCUT2D eigenvalue weighted by molar-refractivity contribution is -0.142. The van der Waals surface area contributed by atoms with Crippen molar-refractivity contribution in [2.75, 3.05) is 12.4 Å². The summed E-state index contributed by atoms with van der Waals surface area (Å²) in [6.45, 7) is 2.02. The van der Waals surface area contributed by atoms with Crippen LogP contribution in [0.3, 0.4) is 0 Å². The standard InChI is InChI=1S/C11H20O4S/c1-2-15-11(12)8-9-16(13,14)10-6-4-3-5-7-10/h10H,2-9H2,1H3. The van der Waals surface area contributed by atoms with Crippen LogP contribution in [-0.2, 0) is 19.4 Å². The van der Waals surface area contributed by atoms with Gasteiger partial charge in [-0.1, -0.05) is 19.3 Å². The summed E-state index contributed by atoms with van der Waals surface area (Å²) in [4.78, 5) is 11.1. The van der Waals surface area contributed by atoms with Gasteiger partial charge in [0.15, 0.2) is 9.84 Å². The zero-order valence-electron chi connectivity index (χ0n) is 9.78. The van der Waals surface area contributed by atoms with Gasteiger partial charge in [0, 0.05) is 0 Å². The second-order valence-electron chi connectivity index (χ2n) is 4.18. The van der Waals surface area contributed by atoms with Crippen LogP contribution in [0.4, 0.5) is 0 Å². The molecule has 94 valence electrons. The van der Waals surface area contributed by atoms with Crippen molar-refractivity contribution in [3.8, 4) is 0 Å². The Morgan fingerprint density at radius 2 is 1.88 bits per heavy atom. The minimum Gasteiger partial charge on any atom is -0.466 e. The zero-order valence-corrected chi connectivity index (χ0v) is 10.6. The fourth-order valence-electron chi connectivity index (χ4n) is 2.05. The lowest BCUT2D eigenvalue weighted by Crippen LogP contribution is -2.27. The van der Waals surface area contributed by atoms with Gasteiger partial charge >= 0.3 is 5.97 Å². The first-order valence-electron chi connectivity index (χ1n) is 5.93. The quantitative estimate of drug-likeness (QED) is 0.695. The molecule has 1 rings (SSSR count). The average molecular weight is 248 g/mol. The van der Waals surface area contributed by atoms with Crippen molar-refractivity contribution < 1.29 is 17.9 Å². The second-order valence-corrected chi connectivity index (χ2v) is 6.58. The minimum atomic E-state index is -3.10. The summed E-state index contributed by atoms with van der Waals surface area (Å²) in [5.41, 5.74) is 0. The van der Waals surface area contributed by atoms with Gasteiger partial charge in [-0.05, 0) is 19.8 Å². The molecule has 16 heavy (non-hydrogen) atoms. The fraction of sp³-hybridized carbons (Fsp3) is 0.909. The molecule has 1 aliphatic carbocycles. The first-order valence-corrected chi connectivity index (χ1v) is 7.65. The van der Waals surface area contributed by atoms with Crippen LogP contribution < -0.4 is 0 Å². The monoisotopic (exact) mass is 248 g/mol. The molecule has 1 fully saturated rings. The van der Waals surface area contributed by atoms with E-state index in [1.807, 2.05) is 0 Å². The Labute approximate surface area is 97.3 Å². The van der Waals surface area contributed by atoms with Crippen LogP contribution in [0.5, 0.6) is 0 Å². The molecule has 0 N–H and O–H groups in total. The molecule has 0 spiro atoms. The maximum atomic E-state index is 11.9. The van der Waals surface area contributed by atoms with E-state index in [4.69, 9.17) is 4.74 Å². The molecule has 0 amide bonds. The van der Waals surface area contributed by atoms with Crippen molar-refractivity contribution in [3.05, 3.63) is 0 Å². The van der Waals surface area contributed by atoms with Crippen molar-refractivity contribution >= 4 is 15.8 Å². The Balaban J connectivity index is 2.41. The van der Waals surface area contributed by atoms with E-state index in [-0.39, 0.29) is 17.4 Å². The smallest absolute Gasteiger partial charge is 0.306 e. The third-order valence-electron chi connectivity index (χ3n) is 2.96. The van der Waals surface area contributed by atoms with E-state index in [9.17, 15) is 13.2 Å². The summed E-state index contributed by atoms with van der Waals surface area (Å²) in [6, 6.07) is 0. The molecule has 0 aromatic heterocycles. The Morgan fingerprint density at radius 3 is 2.44 bits per heavy atom. The van der Waals surface area contributed by atoms with Crippen molar-refractivity contribution in [2.24, 2.45) is 0 Å². The number of hydrogen-bond acceptors (Lipinski definition) is 4. The van der Waals surface area contributed by atoms with Crippen LogP contribution in [-0.4, -0.2) is 32.0 Å². The molecule has 1 saturated carbocycles. The van der Waals surface area contributed by atoms with E-state index in [2.05, 4.69) is 0 Å². The van der Waals surface area contributed by atoms with Crippen molar-refractivity contribution in [1.29, 1.82) is 0 Å². The van der Waals surface area contributed by atoms with Gasteiger partial charge in [-0.2, -0.15) is 0 Å². The highest BCUT2D eigenvalue weighted by molar-refractivity contribution is 7.92. The highest BCUT2D eigenvalue weighted by Crippen LogP contribution is 2.24. The molecule has 0 radical (unpaired) electrons. The molecule has 0 bridgehead atoms. The average Bonchev–Trinajstić information content (AvgIpc) is 2.28. The molecule has 1 aliphatic rings. The SMILES string of the molecule is CCOC(=O)CCS(=O)(=O)C1CCCCC1. The lowest BCUT2D eigenvalue weighted by Gasteiger charge is -2.21. The molecular weight excluding hydrogens is 228 g/mol. The van der Waals surface area contributed by atoms with E-state index in [0.717, 1.165) is 32.1 Å². The van der Waals surface area contributed by atoms with Crippen molar-refractivity contribution in [1.82, 2.24) is 0 Å². The predicted octanol–water partition coefficient (Wildman–Crippen LogP) is 1.69. The van der Waals surface area contributed by atoms with Crippen LogP contribution in [0.25, 0.3) is 0 Å². The van der Waals surface area contributed by atoms with Gasteiger partial charge < -0.3 is 4.74 Å². The number of carbonyl (C=O) groups is 1. The summed E-state index contributed by atoms with van der Waals surface area (Å²) in [6.07, 6.45) is 4.61. The topological polar surface area (TPSA) is 60.4 Å². The zero-order chi connectivity index (χ0) is 12.0. The third-order valence-corrected chi connectivity index (χ3v) is 5.22. The van der Waals surface area contributed by atoms with Gasteiger partial charge in [0.25, 0.3) is 0 Å².